The standard InChI is InChI=1S/C17H17ClF2O/c18-16(10-11-21-12-17(19)20)15-8-6-14(7-9-15)13-4-2-1-3-5-13/h1-9,16-17H,10-12H2. The van der Waals surface area contributed by atoms with Crippen molar-refractivity contribution >= 4 is 11.6 Å². The Morgan fingerprint density at radius 1 is 0.905 bits per heavy atom. The Labute approximate surface area is 128 Å². The SMILES string of the molecule is FC(F)COCCC(Cl)c1ccc(-c2ccccc2)cc1. The lowest BCUT2D eigenvalue weighted by Crippen LogP contribution is -2.06. The minimum absolute atomic E-state index is 0.229. The van der Waals surface area contributed by atoms with Crippen LogP contribution in [0.15, 0.2) is 54.6 Å². The van der Waals surface area contributed by atoms with Crippen molar-refractivity contribution in [2.24, 2.45) is 0 Å². The summed E-state index contributed by atoms with van der Waals surface area (Å²) in [6, 6.07) is 18.0. The molecule has 1 atom stereocenters. The van der Waals surface area contributed by atoms with Crippen molar-refractivity contribution < 1.29 is 13.5 Å². The molecule has 2 aromatic carbocycles. The number of hydrogen-bond acceptors (Lipinski definition) is 1. The molecule has 21 heavy (non-hydrogen) atoms. The molecule has 1 nitrogen and oxygen atoms in total. The van der Waals surface area contributed by atoms with Gasteiger partial charge in [-0.25, -0.2) is 8.78 Å². The van der Waals surface area contributed by atoms with E-state index in [0.717, 1.165) is 16.7 Å². The second kappa shape index (κ2) is 8.11. The van der Waals surface area contributed by atoms with Gasteiger partial charge in [-0.3, -0.25) is 0 Å². The molecule has 2 aromatic rings. The molecule has 0 fully saturated rings. The number of rotatable bonds is 7. The largest absolute Gasteiger partial charge is 0.375 e. The first-order valence-corrected chi connectivity index (χ1v) is 7.26. The maximum absolute atomic E-state index is 11.9. The lowest BCUT2D eigenvalue weighted by atomic mass is 10.0. The summed E-state index contributed by atoms with van der Waals surface area (Å²) >= 11 is 6.25. The molecule has 0 saturated carbocycles. The molecule has 0 bridgehead atoms. The number of ether oxygens (including phenoxy) is 1. The van der Waals surface area contributed by atoms with E-state index in [1.165, 1.54) is 0 Å². The molecule has 4 heteroatoms. The van der Waals surface area contributed by atoms with Crippen molar-refractivity contribution in [1.82, 2.24) is 0 Å². The maximum Gasteiger partial charge on any atom is 0.261 e. The van der Waals surface area contributed by atoms with E-state index in [9.17, 15) is 8.78 Å². The molecule has 0 aliphatic rings. The molecule has 1 unspecified atom stereocenters. The van der Waals surface area contributed by atoms with Crippen molar-refractivity contribution in [3.8, 4) is 11.1 Å². The van der Waals surface area contributed by atoms with Crippen LogP contribution in [0.4, 0.5) is 8.78 Å². The van der Waals surface area contributed by atoms with E-state index in [4.69, 9.17) is 16.3 Å². The van der Waals surface area contributed by atoms with Gasteiger partial charge in [0, 0.05) is 6.61 Å². The Morgan fingerprint density at radius 2 is 1.52 bits per heavy atom. The molecule has 112 valence electrons. The van der Waals surface area contributed by atoms with E-state index in [2.05, 4.69) is 0 Å². The fourth-order valence-corrected chi connectivity index (χ4v) is 2.28. The summed E-state index contributed by atoms with van der Waals surface area (Å²) in [5.74, 6) is 0. The van der Waals surface area contributed by atoms with Crippen LogP contribution in [0.1, 0.15) is 17.4 Å². The van der Waals surface area contributed by atoms with Crippen molar-refractivity contribution in [3.63, 3.8) is 0 Å². The van der Waals surface area contributed by atoms with Gasteiger partial charge in [0.1, 0.15) is 6.61 Å². The molecule has 0 aliphatic carbocycles. The zero-order chi connectivity index (χ0) is 15.1. The first-order valence-electron chi connectivity index (χ1n) is 6.82. The van der Waals surface area contributed by atoms with Crippen molar-refractivity contribution in [1.29, 1.82) is 0 Å². The summed E-state index contributed by atoms with van der Waals surface area (Å²) < 4.78 is 28.7. The molecule has 0 heterocycles. The first kappa shape index (κ1) is 15.9. The van der Waals surface area contributed by atoms with Gasteiger partial charge in [0.05, 0.1) is 5.38 Å². The zero-order valence-corrected chi connectivity index (χ0v) is 12.3. The predicted molar refractivity (Wildman–Crippen MR) is 81.9 cm³/mol. The fourth-order valence-electron chi connectivity index (χ4n) is 2.04. The predicted octanol–water partition coefficient (Wildman–Crippen LogP) is 5.31. The van der Waals surface area contributed by atoms with E-state index in [0.29, 0.717) is 6.42 Å². The van der Waals surface area contributed by atoms with E-state index < -0.39 is 13.0 Å². The normalized spacial score (nSPS) is 12.6. The summed E-state index contributed by atoms with van der Waals surface area (Å²) in [6.07, 6.45) is -1.91. The Morgan fingerprint density at radius 3 is 2.14 bits per heavy atom. The molecule has 2 rings (SSSR count). The Balaban J connectivity index is 1.89. The van der Waals surface area contributed by atoms with Gasteiger partial charge in [-0.05, 0) is 23.1 Å². The third kappa shape index (κ3) is 5.10. The Hall–Kier alpha value is -1.45. The summed E-state index contributed by atoms with van der Waals surface area (Å²) in [5.41, 5.74) is 3.24. The van der Waals surface area contributed by atoms with Crippen LogP contribution in [-0.2, 0) is 4.74 Å². The summed E-state index contributed by atoms with van der Waals surface area (Å²) in [6.45, 7) is -0.296. The van der Waals surface area contributed by atoms with Gasteiger partial charge in [0.15, 0.2) is 0 Å². The minimum Gasteiger partial charge on any atom is -0.375 e. The second-order valence-electron chi connectivity index (χ2n) is 4.71. The molecule has 0 aromatic heterocycles. The average Bonchev–Trinajstić information content (AvgIpc) is 2.52. The minimum atomic E-state index is -2.43. The first-order chi connectivity index (χ1) is 10.2. The van der Waals surface area contributed by atoms with Crippen LogP contribution in [0.25, 0.3) is 11.1 Å². The molecule has 0 saturated heterocycles. The molecular formula is C17H17ClF2O. The van der Waals surface area contributed by atoms with Crippen LogP contribution in [0.2, 0.25) is 0 Å². The van der Waals surface area contributed by atoms with Gasteiger partial charge in [-0.1, -0.05) is 54.6 Å². The highest BCUT2D eigenvalue weighted by Crippen LogP contribution is 2.27. The lowest BCUT2D eigenvalue weighted by Gasteiger charge is -2.11. The monoisotopic (exact) mass is 310 g/mol. The zero-order valence-electron chi connectivity index (χ0n) is 11.5. The van der Waals surface area contributed by atoms with Crippen molar-refractivity contribution in [3.05, 3.63) is 60.2 Å². The van der Waals surface area contributed by atoms with Crippen LogP contribution in [0.5, 0.6) is 0 Å². The highest BCUT2D eigenvalue weighted by atomic mass is 35.5. The third-order valence-corrected chi connectivity index (χ3v) is 3.61. The van der Waals surface area contributed by atoms with E-state index >= 15 is 0 Å². The number of alkyl halides is 3. The topological polar surface area (TPSA) is 9.23 Å². The van der Waals surface area contributed by atoms with E-state index in [1.807, 2.05) is 54.6 Å². The average molecular weight is 311 g/mol. The van der Waals surface area contributed by atoms with Crippen LogP contribution in [-0.4, -0.2) is 19.6 Å². The third-order valence-electron chi connectivity index (χ3n) is 3.14. The fraction of sp³-hybridized carbons (Fsp3) is 0.294. The molecule has 0 aliphatic heterocycles. The maximum atomic E-state index is 11.9. The molecule has 0 N–H and O–H groups in total. The van der Waals surface area contributed by atoms with Gasteiger partial charge in [-0.15, -0.1) is 11.6 Å². The second-order valence-corrected chi connectivity index (χ2v) is 5.24. The van der Waals surface area contributed by atoms with Gasteiger partial charge < -0.3 is 4.74 Å². The lowest BCUT2D eigenvalue weighted by molar-refractivity contribution is 0.0165. The van der Waals surface area contributed by atoms with Gasteiger partial charge in [0.25, 0.3) is 6.43 Å². The van der Waals surface area contributed by atoms with Gasteiger partial charge in [-0.2, -0.15) is 0 Å². The highest BCUT2D eigenvalue weighted by molar-refractivity contribution is 6.20. The summed E-state index contributed by atoms with van der Waals surface area (Å²) in [4.78, 5) is 0. The van der Waals surface area contributed by atoms with Crippen molar-refractivity contribution in [2.45, 2.75) is 18.2 Å². The molecule has 0 amide bonds. The van der Waals surface area contributed by atoms with Crippen molar-refractivity contribution in [2.75, 3.05) is 13.2 Å². The summed E-state index contributed by atoms with van der Waals surface area (Å²) in [7, 11) is 0. The number of hydrogen-bond donors (Lipinski definition) is 0. The Bertz CT molecular complexity index is 528. The number of benzene rings is 2. The van der Waals surface area contributed by atoms with Crippen LogP contribution in [0.3, 0.4) is 0 Å². The van der Waals surface area contributed by atoms with E-state index in [-0.39, 0.29) is 12.0 Å². The smallest absolute Gasteiger partial charge is 0.261 e. The molecular weight excluding hydrogens is 294 g/mol. The molecule has 0 radical (unpaired) electrons. The van der Waals surface area contributed by atoms with Crippen LogP contribution < -0.4 is 0 Å². The highest BCUT2D eigenvalue weighted by Gasteiger charge is 2.09. The quantitative estimate of drug-likeness (QED) is 0.498. The van der Waals surface area contributed by atoms with Gasteiger partial charge >= 0.3 is 0 Å². The summed E-state index contributed by atoms with van der Waals surface area (Å²) in [5, 5.41) is -0.229. The Kier molecular flexibility index (Phi) is 6.15. The number of halogens is 3. The van der Waals surface area contributed by atoms with Crippen LogP contribution >= 0.6 is 11.6 Å². The molecule has 0 spiro atoms. The van der Waals surface area contributed by atoms with Crippen LogP contribution in [0, 0.1) is 0 Å². The van der Waals surface area contributed by atoms with E-state index in [1.54, 1.807) is 0 Å². The van der Waals surface area contributed by atoms with Gasteiger partial charge in [0.2, 0.25) is 0 Å².